The maximum absolute atomic E-state index is 11.7. The third kappa shape index (κ3) is 6.65. The standard InChI is InChI=1S/C18H18N2O7/c1-2-25-15-7-9-16(10-8-15)26-12-18(22)27-11-17(21)19-13-3-5-14(6-4-13)20(23)24/h3-10H,2,11-12H2,1H3,(H,19,21). The van der Waals surface area contributed by atoms with E-state index in [1.54, 1.807) is 24.3 Å². The predicted octanol–water partition coefficient (Wildman–Crippen LogP) is 2.55. The highest BCUT2D eigenvalue weighted by Crippen LogP contribution is 2.17. The predicted molar refractivity (Wildman–Crippen MR) is 95.8 cm³/mol. The van der Waals surface area contributed by atoms with E-state index in [2.05, 4.69) is 5.32 Å². The highest BCUT2D eigenvalue weighted by Gasteiger charge is 2.10. The fourth-order valence-corrected chi connectivity index (χ4v) is 1.99. The molecule has 0 unspecified atom stereocenters. The van der Waals surface area contributed by atoms with Gasteiger partial charge in [0.2, 0.25) is 0 Å². The summed E-state index contributed by atoms with van der Waals surface area (Å²) in [6.07, 6.45) is 0. The van der Waals surface area contributed by atoms with Crippen molar-refractivity contribution in [1.29, 1.82) is 0 Å². The molecule has 2 aromatic carbocycles. The highest BCUT2D eigenvalue weighted by molar-refractivity contribution is 5.92. The smallest absolute Gasteiger partial charge is 0.344 e. The van der Waals surface area contributed by atoms with Crippen LogP contribution in [0, 0.1) is 10.1 Å². The second-order valence-corrected chi connectivity index (χ2v) is 5.21. The Morgan fingerprint density at radius 2 is 1.56 bits per heavy atom. The maximum Gasteiger partial charge on any atom is 0.344 e. The normalized spacial score (nSPS) is 9.96. The summed E-state index contributed by atoms with van der Waals surface area (Å²) < 4.78 is 15.4. The largest absolute Gasteiger partial charge is 0.494 e. The number of anilines is 1. The van der Waals surface area contributed by atoms with Gasteiger partial charge >= 0.3 is 5.97 Å². The van der Waals surface area contributed by atoms with Gasteiger partial charge in [0.05, 0.1) is 11.5 Å². The average molecular weight is 374 g/mol. The molecule has 0 aromatic heterocycles. The third-order valence-corrected chi connectivity index (χ3v) is 3.22. The number of carbonyl (C=O) groups is 2. The monoisotopic (exact) mass is 374 g/mol. The van der Waals surface area contributed by atoms with E-state index in [0.29, 0.717) is 23.8 Å². The first kappa shape index (κ1) is 19.7. The molecule has 0 heterocycles. The number of hydrogen-bond donors (Lipinski definition) is 1. The van der Waals surface area contributed by atoms with E-state index < -0.39 is 23.4 Å². The van der Waals surface area contributed by atoms with Crippen molar-refractivity contribution in [3.8, 4) is 11.5 Å². The molecule has 1 amide bonds. The van der Waals surface area contributed by atoms with E-state index in [1.807, 2.05) is 6.92 Å². The molecular formula is C18H18N2O7. The van der Waals surface area contributed by atoms with Gasteiger partial charge in [-0.1, -0.05) is 0 Å². The number of ether oxygens (including phenoxy) is 3. The molecule has 142 valence electrons. The van der Waals surface area contributed by atoms with Crippen molar-refractivity contribution in [3.05, 3.63) is 58.6 Å². The number of esters is 1. The molecule has 0 aliphatic rings. The summed E-state index contributed by atoms with van der Waals surface area (Å²) in [6, 6.07) is 12.0. The van der Waals surface area contributed by atoms with Crippen molar-refractivity contribution >= 4 is 23.3 Å². The summed E-state index contributed by atoms with van der Waals surface area (Å²) in [5.41, 5.74) is 0.262. The Hall–Kier alpha value is -3.62. The number of benzene rings is 2. The van der Waals surface area contributed by atoms with Gasteiger partial charge in [0.15, 0.2) is 13.2 Å². The van der Waals surface area contributed by atoms with Crippen LogP contribution in [0.3, 0.4) is 0 Å². The van der Waals surface area contributed by atoms with Crippen LogP contribution in [0.15, 0.2) is 48.5 Å². The number of rotatable bonds is 9. The highest BCUT2D eigenvalue weighted by atomic mass is 16.6. The Balaban J connectivity index is 1.71. The summed E-state index contributed by atoms with van der Waals surface area (Å²) in [4.78, 5) is 33.4. The van der Waals surface area contributed by atoms with Gasteiger partial charge < -0.3 is 19.5 Å². The Morgan fingerprint density at radius 1 is 0.963 bits per heavy atom. The molecule has 0 fully saturated rings. The lowest BCUT2D eigenvalue weighted by atomic mass is 10.3. The SMILES string of the molecule is CCOc1ccc(OCC(=O)OCC(=O)Nc2ccc([N+](=O)[O-])cc2)cc1. The number of amides is 1. The Morgan fingerprint density at radius 3 is 2.11 bits per heavy atom. The fraction of sp³-hybridized carbons (Fsp3) is 0.222. The second-order valence-electron chi connectivity index (χ2n) is 5.21. The quantitative estimate of drug-likeness (QED) is 0.407. The van der Waals surface area contributed by atoms with Crippen molar-refractivity contribution in [3.63, 3.8) is 0 Å². The van der Waals surface area contributed by atoms with E-state index in [-0.39, 0.29) is 12.3 Å². The van der Waals surface area contributed by atoms with Crippen molar-refractivity contribution in [1.82, 2.24) is 0 Å². The van der Waals surface area contributed by atoms with Gasteiger partial charge in [0.25, 0.3) is 11.6 Å². The fourth-order valence-electron chi connectivity index (χ4n) is 1.99. The zero-order chi connectivity index (χ0) is 19.6. The lowest BCUT2D eigenvalue weighted by Gasteiger charge is -2.08. The Bertz CT molecular complexity index is 788. The van der Waals surface area contributed by atoms with Gasteiger partial charge in [-0.25, -0.2) is 4.79 Å². The van der Waals surface area contributed by atoms with Crippen LogP contribution in [0.25, 0.3) is 0 Å². The summed E-state index contributed by atoms with van der Waals surface area (Å²) in [6.45, 7) is 1.58. The minimum absolute atomic E-state index is 0.0918. The number of nitrogens with zero attached hydrogens (tertiary/aromatic N) is 1. The zero-order valence-electron chi connectivity index (χ0n) is 14.5. The molecule has 0 bridgehead atoms. The number of non-ortho nitro benzene ring substituents is 1. The molecule has 0 radical (unpaired) electrons. The van der Waals surface area contributed by atoms with Crippen LogP contribution < -0.4 is 14.8 Å². The molecule has 0 aliphatic heterocycles. The van der Waals surface area contributed by atoms with E-state index >= 15 is 0 Å². The number of nitro benzene ring substituents is 1. The molecule has 0 aliphatic carbocycles. The number of hydrogen-bond acceptors (Lipinski definition) is 7. The molecule has 9 heteroatoms. The second kappa shape index (κ2) is 9.76. The molecule has 27 heavy (non-hydrogen) atoms. The van der Waals surface area contributed by atoms with Crippen LogP contribution in [0.1, 0.15) is 6.92 Å². The Labute approximate surface area is 155 Å². The average Bonchev–Trinajstić information content (AvgIpc) is 2.66. The third-order valence-electron chi connectivity index (χ3n) is 3.22. The summed E-state index contributed by atoms with van der Waals surface area (Å²) >= 11 is 0. The zero-order valence-corrected chi connectivity index (χ0v) is 14.5. The van der Waals surface area contributed by atoms with E-state index in [4.69, 9.17) is 14.2 Å². The maximum atomic E-state index is 11.7. The van der Waals surface area contributed by atoms with Crippen LogP contribution in [-0.2, 0) is 14.3 Å². The molecular weight excluding hydrogens is 356 g/mol. The van der Waals surface area contributed by atoms with Gasteiger partial charge in [-0.3, -0.25) is 14.9 Å². The van der Waals surface area contributed by atoms with Gasteiger partial charge in [-0.2, -0.15) is 0 Å². The minimum Gasteiger partial charge on any atom is -0.494 e. The summed E-state index contributed by atoms with van der Waals surface area (Å²) in [5.74, 6) is -0.123. The Kier molecular flexibility index (Phi) is 7.12. The number of carbonyl (C=O) groups excluding carboxylic acids is 2. The lowest BCUT2D eigenvalue weighted by molar-refractivity contribution is -0.384. The van der Waals surface area contributed by atoms with Crippen LogP contribution in [0.5, 0.6) is 11.5 Å². The van der Waals surface area contributed by atoms with Crippen molar-refractivity contribution < 1.29 is 28.7 Å². The topological polar surface area (TPSA) is 117 Å². The molecule has 0 spiro atoms. The first-order valence-corrected chi connectivity index (χ1v) is 8.03. The first-order chi connectivity index (χ1) is 13.0. The van der Waals surface area contributed by atoms with Crippen molar-refractivity contribution in [2.45, 2.75) is 6.92 Å². The number of nitrogens with one attached hydrogen (secondary N) is 1. The van der Waals surface area contributed by atoms with E-state index in [0.717, 1.165) is 0 Å². The summed E-state index contributed by atoms with van der Waals surface area (Å²) in [5, 5.41) is 13.0. The van der Waals surface area contributed by atoms with Crippen molar-refractivity contribution in [2.24, 2.45) is 0 Å². The molecule has 0 saturated heterocycles. The van der Waals surface area contributed by atoms with Crippen LogP contribution >= 0.6 is 0 Å². The molecule has 0 atom stereocenters. The van der Waals surface area contributed by atoms with Crippen LogP contribution in [0.2, 0.25) is 0 Å². The number of nitro groups is 1. The van der Waals surface area contributed by atoms with E-state index in [9.17, 15) is 19.7 Å². The molecule has 0 saturated carbocycles. The minimum atomic E-state index is -0.706. The van der Waals surface area contributed by atoms with Gasteiger partial charge in [-0.15, -0.1) is 0 Å². The van der Waals surface area contributed by atoms with Crippen molar-refractivity contribution in [2.75, 3.05) is 25.1 Å². The summed E-state index contributed by atoms with van der Waals surface area (Å²) in [7, 11) is 0. The molecule has 1 N–H and O–H groups in total. The molecule has 2 rings (SSSR count). The van der Waals surface area contributed by atoms with Gasteiger partial charge in [0.1, 0.15) is 11.5 Å². The van der Waals surface area contributed by atoms with Crippen LogP contribution in [0.4, 0.5) is 11.4 Å². The van der Waals surface area contributed by atoms with Gasteiger partial charge in [-0.05, 0) is 43.3 Å². The molecule has 9 nitrogen and oxygen atoms in total. The molecule has 2 aromatic rings. The first-order valence-electron chi connectivity index (χ1n) is 8.03. The van der Waals surface area contributed by atoms with E-state index in [1.165, 1.54) is 24.3 Å². The van der Waals surface area contributed by atoms with Gasteiger partial charge in [0, 0.05) is 17.8 Å². The lowest BCUT2D eigenvalue weighted by Crippen LogP contribution is -2.23. The van der Waals surface area contributed by atoms with Crippen LogP contribution in [-0.4, -0.2) is 36.6 Å².